The van der Waals surface area contributed by atoms with Gasteiger partial charge in [0.25, 0.3) is 11.7 Å². The van der Waals surface area contributed by atoms with E-state index in [0.717, 1.165) is 13.2 Å². The number of benzene rings is 1. The Labute approximate surface area is 114 Å². The van der Waals surface area contributed by atoms with Gasteiger partial charge in [0.05, 0.1) is 24.2 Å². The van der Waals surface area contributed by atoms with E-state index >= 15 is 0 Å². The smallest absolute Gasteiger partial charge is 0.295 e. The van der Waals surface area contributed by atoms with Crippen LogP contribution in [0.1, 0.15) is 0 Å². The number of oxazole rings is 1. The highest BCUT2D eigenvalue weighted by atomic mass is 16.6. The molecule has 2 N–H and O–H groups in total. The first-order valence-electron chi connectivity index (χ1n) is 6.32. The second-order valence-corrected chi connectivity index (χ2v) is 4.54. The summed E-state index contributed by atoms with van der Waals surface area (Å²) in [5.74, 6) is 0. The van der Waals surface area contributed by atoms with E-state index in [2.05, 4.69) is 15.6 Å². The fraction of sp³-hybridized carbons (Fsp3) is 0.417. The summed E-state index contributed by atoms with van der Waals surface area (Å²) >= 11 is 0. The predicted octanol–water partition coefficient (Wildman–Crippen LogP) is 1.14. The van der Waals surface area contributed by atoms with Gasteiger partial charge >= 0.3 is 0 Å². The molecule has 2 heterocycles. The van der Waals surface area contributed by atoms with Gasteiger partial charge in [-0.2, -0.15) is 4.98 Å². The van der Waals surface area contributed by atoms with Crippen LogP contribution in [0.25, 0.3) is 11.1 Å². The number of ether oxygens (including phenoxy) is 1. The van der Waals surface area contributed by atoms with Crippen LogP contribution >= 0.6 is 0 Å². The van der Waals surface area contributed by atoms with Crippen LogP contribution in [0.2, 0.25) is 0 Å². The Morgan fingerprint density at radius 1 is 1.55 bits per heavy atom. The van der Waals surface area contributed by atoms with E-state index in [-0.39, 0.29) is 11.7 Å². The molecule has 106 valence electrons. The maximum absolute atomic E-state index is 10.7. The molecular formula is C12H14N4O4. The zero-order valence-electron chi connectivity index (χ0n) is 10.7. The molecule has 1 unspecified atom stereocenters. The van der Waals surface area contributed by atoms with Crippen molar-refractivity contribution < 1.29 is 14.1 Å². The molecule has 1 fully saturated rings. The van der Waals surface area contributed by atoms with Gasteiger partial charge in [0.15, 0.2) is 5.58 Å². The molecule has 1 aromatic carbocycles. The van der Waals surface area contributed by atoms with Crippen LogP contribution in [-0.2, 0) is 4.74 Å². The Balaban J connectivity index is 1.70. The van der Waals surface area contributed by atoms with Crippen molar-refractivity contribution in [3.05, 3.63) is 28.3 Å². The van der Waals surface area contributed by atoms with Crippen LogP contribution in [-0.4, -0.2) is 42.3 Å². The van der Waals surface area contributed by atoms with Crippen LogP contribution < -0.4 is 10.6 Å². The molecule has 2 aromatic rings. The van der Waals surface area contributed by atoms with E-state index in [9.17, 15) is 10.1 Å². The van der Waals surface area contributed by atoms with Gasteiger partial charge in [-0.3, -0.25) is 10.1 Å². The van der Waals surface area contributed by atoms with Gasteiger partial charge in [-0.05, 0) is 6.07 Å². The van der Waals surface area contributed by atoms with Crippen LogP contribution in [0.15, 0.2) is 22.6 Å². The molecule has 0 aliphatic carbocycles. The van der Waals surface area contributed by atoms with E-state index in [4.69, 9.17) is 9.15 Å². The summed E-state index contributed by atoms with van der Waals surface area (Å²) in [6.07, 6.45) is 0. The third-order valence-corrected chi connectivity index (χ3v) is 3.08. The highest BCUT2D eigenvalue weighted by Crippen LogP contribution is 2.23. The number of fused-ring (bicyclic) bond motifs is 1. The van der Waals surface area contributed by atoms with Crippen molar-refractivity contribution in [2.45, 2.75) is 6.04 Å². The fourth-order valence-corrected chi connectivity index (χ4v) is 2.06. The lowest BCUT2D eigenvalue weighted by Crippen LogP contribution is -2.45. The number of anilines is 1. The first kappa shape index (κ1) is 12.8. The van der Waals surface area contributed by atoms with Crippen molar-refractivity contribution in [1.29, 1.82) is 0 Å². The quantitative estimate of drug-likeness (QED) is 0.638. The second-order valence-electron chi connectivity index (χ2n) is 4.54. The average Bonchev–Trinajstić information content (AvgIpc) is 2.88. The molecule has 0 bridgehead atoms. The third kappa shape index (κ3) is 2.70. The van der Waals surface area contributed by atoms with Crippen molar-refractivity contribution in [2.75, 3.05) is 31.6 Å². The molecule has 20 heavy (non-hydrogen) atoms. The van der Waals surface area contributed by atoms with Crippen LogP contribution in [0, 0.1) is 10.1 Å². The van der Waals surface area contributed by atoms with Gasteiger partial charge in [0, 0.05) is 25.2 Å². The largest absolute Gasteiger partial charge is 0.423 e. The van der Waals surface area contributed by atoms with Crippen molar-refractivity contribution in [3.63, 3.8) is 0 Å². The highest BCUT2D eigenvalue weighted by Gasteiger charge is 2.15. The number of aromatic nitrogens is 1. The van der Waals surface area contributed by atoms with E-state index in [1.54, 1.807) is 6.07 Å². The number of rotatable bonds is 4. The van der Waals surface area contributed by atoms with Crippen LogP contribution in [0.4, 0.5) is 11.7 Å². The zero-order chi connectivity index (χ0) is 13.9. The summed E-state index contributed by atoms with van der Waals surface area (Å²) in [6.45, 7) is 2.81. The first-order chi connectivity index (χ1) is 9.72. The molecule has 1 aromatic heterocycles. The van der Waals surface area contributed by atoms with Crippen molar-refractivity contribution in [2.24, 2.45) is 0 Å². The van der Waals surface area contributed by atoms with Gasteiger partial charge in [0.2, 0.25) is 0 Å². The lowest BCUT2D eigenvalue weighted by molar-refractivity contribution is -0.384. The van der Waals surface area contributed by atoms with Gasteiger partial charge in [-0.15, -0.1) is 0 Å². The predicted molar refractivity (Wildman–Crippen MR) is 71.8 cm³/mol. The third-order valence-electron chi connectivity index (χ3n) is 3.08. The maximum atomic E-state index is 10.7. The lowest BCUT2D eigenvalue weighted by Gasteiger charge is -2.23. The summed E-state index contributed by atoms with van der Waals surface area (Å²) in [5.41, 5.74) is 0.975. The molecule has 0 radical (unpaired) electrons. The Morgan fingerprint density at radius 2 is 2.45 bits per heavy atom. The molecule has 1 aliphatic rings. The number of morpholine rings is 1. The number of nitro benzene ring substituents is 1. The molecule has 1 atom stereocenters. The molecule has 8 heteroatoms. The van der Waals surface area contributed by atoms with Crippen molar-refractivity contribution in [3.8, 4) is 0 Å². The SMILES string of the molecule is O=[N+]([O-])c1ccc2nc(NCC3COCCN3)oc2c1. The minimum atomic E-state index is -0.460. The number of nitrogens with one attached hydrogen (secondary N) is 2. The standard InChI is InChI=1S/C12H14N4O4/c17-16(18)9-1-2-10-11(5-9)20-12(15-10)14-6-8-7-19-4-3-13-8/h1-2,5,8,13H,3-4,6-7H2,(H,14,15). The summed E-state index contributed by atoms with van der Waals surface area (Å²) in [4.78, 5) is 14.5. The molecule has 8 nitrogen and oxygen atoms in total. The number of non-ortho nitro benzene ring substituents is 1. The molecule has 1 saturated heterocycles. The number of hydrogen-bond acceptors (Lipinski definition) is 7. The minimum absolute atomic E-state index is 0.0115. The lowest BCUT2D eigenvalue weighted by atomic mass is 10.3. The van der Waals surface area contributed by atoms with E-state index < -0.39 is 4.92 Å². The summed E-state index contributed by atoms with van der Waals surface area (Å²) in [5, 5.41) is 17.1. The Morgan fingerprint density at radius 3 is 3.20 bits per heavy atom. The fourth-order valence-electron chi connectivity index (χ4n) is 2.06. The van der Waals surface area contributed by atoms with Gasteiger partial charge < -0.3 is 19.8 Å². The molecule has 3 rings (SSSR count). The van der Waals surface area contributed by atoms with E-state index in [0.29, 0.717) is 30.3 Å². The van der Waals surface area contributed by atoms with Gasteiger partial charge in [-0.1, -0.05) is 0 Å². The summed E-state index contributed by atoms with van der Waals surface area (Å²) in [7, 11) is 0. The molecule has 0 amide bonds. The Bertz CT molecular complexity index is 621. The number of nitrogens with zero attached hydrogens (tertiary/aromatic N) is 2. The molecule has 1 aliphatic heterocycles. The topological polar surface area (TPSA) is 102 Å². The van der Waals surface area contributed by atoms with Crippen molar-refractivity contribution >= 4 is 22.8 Å². The highest BCUT2D eigenvalue weighted by molar-refractivity contribution is 5.77. The van der Waals surface area contributed by atoms with Gasteiger partial charge in [0.1, 0.15) is 5.52 Å². The molecule has 0 saturated carbocycles. The normalized spacial score (nSPS) is 19.1. The molecular weight excluding hydrogens is 264 g/mol. The monoisotopic (exact) mass is 278 g/mol. The maximum Gasteiger partial charge on any atom is 0.295 e. The number of nitro groups is 1. The van der Waals surface area contributed by atoms with Gasteiger partial charge in [-0.25, -0.2) is 0 Å². The zero-order valence-corrected chi connectivity index (χ0v) is 10.7. The Kier molecular flexibility index (Phi) is 3.48. The summed E-state index contributed by atoms with van der Waals surface area (Å²) < 4.78 is 10.8. The summed E-state index contributed by atoms with van der Waals surface area (Å²) in [6, 6.07) is 4.91. The van der Waals surface area contributed by atoms with E-state index in [1.165, 1.54) is 12.1 Å². The first-order valence-corrected chi connectivity index (χ1v) is 6.32. The average molecular weight is 278 g/mol. The van der Waals surface area contributed by atoms with Crippen molar-refractivity contribution in [1.82, 2.24) is 10.3 Å². The number of hydrogen-bond donors (Lipinski definition) is 2. The Hall–Kier alpha value is -2.19. The van der Waals surface area contributed by atoms with E-state index in [1.807, 2.05) is 0 Å². The second kappa shape index (κ2) is 5.43. The molecule has 0 spiro atoms. The van der Waals surface area contributed by atoms with Crippen LogP contribution in [0.5, 0.6) is 0 Å². The minimum Gasteiger partial charge on any atom is -0.423 e. The van der Waals surface area contributed by atoms with Crippen LogP contribution in [0.3, 0.4) is 0 Å².